The summed E-state index contributed by atoms with van der Waals surface area (Å²) < 4.78 is 19.7. The quantitative estimate of drug-likeness (QED) is 0.387. The van der Waals surface area contributed by atoms with Crippen molar-refractivity contribution < 1.29 is 28.5 Å². The van der Waals surface area contributed by atoms with Gasteiger partial charge in [0, 0.05) is 12.2 Å². The monoisotopic (exact) mass is 228 g/mol. The predicted octanol–water partition coefficient (Wildman–Crippen LogP) is 0.145. The van der Waals surface area contributed by atoms with Gasteiger partial charge >= 0.3 is 17.9 Å². The number of esters is 2. The summed E-state index contributed by atoms with van der Waals surface area (Å²) in [6.07, 6.45) is 1.86. The van der Waals surface area contributed by atoms with Gasteiger partial charge in [-0.2, -0.15) is 0 Å². The van der Waals surface area contributed by atoms with Crippen molar-refractivity contribution in [3.05, 3.63) is 25.3 Å². The third-order valence-electron chi connectivity index (χ3n) is 1.67. The van der Waals surface area contributed by atoms with E-state index in [1.807, 2.05) is 0 Å². The Kier molecular flexibility index (Phi) is 4.21. The van der Waals surface area contributed by atoms with Crippen LogP contribution in [0.3, 0.4) is 0 Å². The summed E-state index contributed by atoms with van der Waals surface area (Å²) in [4.78, 5) is 22.1. The molecule has 1 rings (SSSR count). The highest BCUT2D eigenvalue weighted by Gasteiger charge is 2.42. The van der Waals surface area contributed by atoms with Gasteiger partial charge in [0.2, 0.25) is 0 Å². The standard InChI is InChI=1S/C10H12O6/c1-3-8(11)15-10(16-9(12)4-2)7-13-5-6-14-10/h3-4H,1-2,5-7H2. The summed E-state index contributed by atoms with van der Waals surface area (Å²) in [5.74, 6) is -3.39. The van der Waals surface area contributed by atoms with Gasteiger partial charge in [-0.15, -0.1) is 0 Å². The average molecular weight is 228 g/mol. The van der Waals surface area contributed by atoms with Crippen LogP contribution in [-0.2, 0) is 28.5 Å². The Bertz CT molecular complexity index is 278. The van der Waals surface area contributed by atoms with Crippen LogP contribution in [-0.4, -0.2) is 37.7 Å². The fourth-order valence-electron chi connectivity index (χ4n) is 1.02. The molecule has 0 aromatic rings. The van der Waals surface area contributed by atoms with Gasteiger partial charge < -0.3 is 18.9 Å². The molecule has 0 atom stereocenters. The van der Waals surface area contributed by atoms with Gasteiger partial charge in [-0.3, -0.25) is 0 Å². The minimum absolute atomic E-state index is 0.148. The van der Waals surface area contributed by atoms with Gasteiger partial charge in [0.1, 0.15) is 0 Å². The van der Waals surface area contributed by atoms with E-state index < -0.39 is 17.9 Å². The molecule has 1 aliphatic heterocycles. The Labute approximate surface area is 92.4 Å². The second kappa shape index (κ2) is 5.43. The lowest BCUT2D eigenvalue weighted by molar-refractivity contribution is -0.378. The molecule has 1 heterocycles. The summed E-state index contributed by atoms with van der Waals surface area (Å²) >= 11 is 0. The molecule has 0 unspecified atom stereocenters. The molecule has 0 radical (unpaired) electrons. The molecule has 0 amide bonds. The number of ether oxygens (including phenoxy) is 4. The van der Waals surface area contributed by atoms with E-state index in [-0.39, 0.29) is 13.2 Å². The zero-order valence-electron chi connectivity index (χ0n) is 8.64. The zero-order valence-corrected chi connectivity index (χ0v) is 8.64. The predicted molar refractivity (Wildman–Crippen MR) is 52.1 cm³/mol. The SMILES string of the molecule is C=CC(=O)OC1(OC(=O)C=C)COCCO1. The average Bonchev–Trinajstić information content (AvgIpc) is 2.29. The van der Waals surface area contributed by atoms with E-state index in [0.29, 0.717) is 6.61 Å². The Hall–Kier alpha value is -1.66. The molecule has 0 spiro atoms. The first kappa shape index (κ1) is 12.4. The van der Waals surface area contributed by atoms with Crippen LogP contribution in [0, 0.1) is 0 Å². The van der Waals surface area contributed by atoms with Crippen molar-refractivity contribution in [1.29, 1.82) is 0 Å². The number of hydrogen-bond donors (Lipinski definition) is 0. The van der Waals surface area contributed by atoms with Gasteiger partial charge in [0.25, 0.3) is 0 Å². The van der Waals surface area contributed by atoms with E-state index in [2.05, 4.69) is 13.2 Å². The van der Waals surface area contributed by atoms with Crippen molar-refractivity contribution >= 4 is 11.9 Å². The molecule has 88 valence electrons. The normalized spacial score (nSPS) is 18.2. The Morgan fingerprint density at radius 2 is 1.69 bits per heavy atom. The van der Waals surface area contributed by atoms with Crippen LogP contribution >= 0.6 is 0 Å². The number of carbonyl (C=O) groups is 2. The third kappa shape index (κ3) is 3.18. The number of hydrogen-bond acceptors (Lipinski definition) is 6. The summed E-state index contributed by atoms with van der Waals surface area (Å²) in [5.41, 5.74) is 0. The van der Waals surface area contributed by atoms with Crippen molar-refractivity contribution in [3.8, 4) is 0 Å². The Balaban J connectivity index is 2.73. The molecule has 1 aliphatic rings. The van der Waals surface area contributed by atoms with E-state index in [1.165, 1.54) is 0 Å². The van der Waals surface area contributed by atoms with Gasteiger partial charge in [0.15, 0.2) is 6.61 Å². The van der Waals surface area contributed by atoms with E-state index in [0.717, 1.165) is 12.2 Å². The molecule has 0 aliphatic carbocycles. The number of rotatable bonds is 4. The third-order valence-corrected chi connectivity index (χ3v) is 1.67. The lowest BCUT2D eigenvalue weighted by Gasteiger charge is -2.33. The molecule has 0 bridgehead atoms. The van der Waals surface area contributed by atoms with Gasteiger partial charge in [0.05, 0.1) is 13.2 Å². The topological polar surface area (TPSA) is 71.1 Å². The van der Waals surface area contributed by atoms with Crippen LogP contribution in [0.15, 0.2) is 25.3 Å². The van der Waals surface area contributed by atoms with Crippen LogP contribution in [0.2, 0.25) is 0 Å². The highest BCUT2D eigenvalue weighted by atomic mass is 16.9. The first-order valence-corrected chi connectivity index (χ1v) is 4.54. The maximum absolute atomic E-state index is 11.1. The van der Waals surface area contributed by atoms with Crippen LogP contribution in [0.1, 0.15) is 0 Å². The molecule has 0 saturated carbocycles. The van der Waals surface area contributed by atoms with Crippen LogP contribution in [0.5, 0.6) is 0 Å². The van der Waals surface area contributed by atoms with Crippen molar-refractivity contribution in [2.24, 2.45) is 0 Å². The smallest absolute Gasteiger partial charge is 0.393 e. The second-order valence-corrected chi connectivity index (χ2v) is 2.83. The second-order valence-electron chi connectivity index (χ2n) is 2.83. The van der Waals surface area contributed by atoms with Crippen molar-refractivity contribution in [1.82, 2.24) is 0 Å². The summed E-state index contributed by atoms with van der Waals surface area (Å²) in [6, 6.07) is 0. The van der Waals surface area contributed by atoms with E-state index in [4.69, 9.17) is 18.9 Å². The largest absolute Gasteiger partial charge is 0.401 e. The van der Waals surface area contributed by atoms with Gasteiger partial charge in [-0.05, 0) is 0 Å². The summed E-state index contributed by atoms with van der Waals surface area (Å²) in [5, 5.41) is 0. The summed E-state index contributed by atoms with van der Waals surface area (Å²) in [7, 11) is 0. The lowest BCUT2D eigenvalue weighted by atomic mass is 10.5. The van der Waals surface area contributed by atoms with Crippen LogP contribution < -0.4 is 0 Å². The van der Waals surface area contributed by atoms with E-state index in [1.54, 1.807) is 0 Å². The Morgan fingerprint density at radius 3 is 2.06 bits per heavy atom. The molecule has 1 saturated heterocycles. The van der Waals surface area contributed by atoms with Crippen molar-refractivity contribution in [3.63, 3.8) is 0 Å². The van der Waals surface area contributed by atoms with Gasteiger partial charge in [-0.1, -0.05) is 13.2 Å². The Morgan fingerprint density at radius 1 is 1.12 bits per heavy atom. The molecule has 6 nitrogen and oxygen atoms in total. The van der Waals surface area contributed by atoms with Crippen molar-refractivity contribution in [2.45, 2.75) is 5.97 Å². The molecule has 16 heavy (non-hydrogen) atoms. The maximum atomic E-state index is 11.1. The first-order chi connectivity index (χ1) is 7.62. The van der Waals surface area contributed by atoms with Crippen LogP contribution in [0.4, 0.5) is 0 Å². The van der Waals surface area contributed by atoms with Crippen molar-refractivity contribution in [2.75, 3.05) is 19.8 Å². The van der Waals surface area contributed by atoms with E-state index in [9.17, 15) is 9.59 Å². The molecule has 0 aromatic carbocycles. The molecule has 0 N–H and O–H groups in total. The minimum Gasteiger partial charge on any atom is -0.393 e. The number of carbonyl (C=O) groups excluding carboxylic acids is 2. The fraction of sp³-hybridized carbons (Fsp3) is 0.400. The van der Waals surface area contributed by atoms with Gasteiger partial charge in [-0.25, -0.2) is 9.59 Å². The molecule has 1 fully saturated rings. The molecule has 0 aromatic heterocycles. The molecule has 6 heteroatoms. The first-order valence-electron chi connectivity index (χ1n) is 4.54. The highest BCUT2D eigenvalue weighted by Crippen LogP contribution is 2.20. The summed E-state index contributed by atoms with van der Waals surface area (Å²) in [6.45, 7) is 6.74. The van der Waals surface area contributed by atoms with Crippen LogP contribution in [0.25, 0.3) is 0 Å². The maximum Gasteiger partial charge on any atom is 0.401 e. The lowest BCUT2D eigenvalue weighted by Crippen LogP contribution is -2.50. The molecular weight excluding hydrogens is 216 g/mol. The zero-order chi connectivity index (χ0) is 12.0. The highest BCUT2D eigenvalue weighted by molar-refractivity contribution is 5.83. The fourth-order valence-corrected chi connectivity index (χ4v) is 1.02. The van der Waals surface area contributed by atoms with E-state index >= 15 is 0 Å². The molecular formula is C10H12O6. The minimum atomic E-state index is -1.84.